The van der Waals surface area contributed by atoms with E-state index in [9.17, 15) is 9.59 Å². The normalized spacial score (nSPS) is 13.2. The highest BCUT2D eigenvalue weighted by molar-refractivity contribution is 6.66. The van der Waals surface area contributed by atoms with Gasteiger partial charge in [0, 0.05) is 19.8 Å². The van der Waals surface area contributed by atoms with Gasteiger partial charge in [-0.25, -0.2) is 0 Å². The lowest BCUT2D eigenvalue weighted by molar-refractivity contribution is -0.126. The lowest BCUT2D eigenvalue weighted by Gasteiger charge is -2.32. The van der Waals surface area contributed by atoms with Gasteiger partial charge in [-0.2, -0.15) is 0 Å². The molecule has 0 aromatic heterocycles. The molecule has 1 unspecified atom stereocenters. The molecule has 0 bridgehead atoms. The highest BCUT2D eigenvalue weighted by atomic mass is 28.4. The van der Waals surface area contributed by atoms with Crippen LogP contribution in [0.1, 0.15) is 27.7 Å². The van der Waals surface area contributed by atoms with Gasteiger partial charge in [-0.1, -0.05) is 0 Å². The smallest absolute Gasteiger partial charge is 0.373 e. The van der Waals surface area contributed by atoms with Crippen molar-refractivity contribution in [2.24, 2.45) is 0 Å². The van der Waals surface area contributed by atoms with E-state index in [2.05, 4.69) is 5.32 Å². The summed E-state index contributed by atoms with van der Waals surface area (Å²) in [4.78, 5) is 21.9. The highest BCUT2D eigenvalue weighted by Crippen LogP contribution is 2.25. The van der Waals surface area contributed by atoms with Crippen molar-refractivity contribution in [1.82, 2.24) is 5.32 Å². The van der Waals surface area contributed by atoms with Gasteiger partial charge in [0.05, 0.1) is 0 Å². The topological polar surface area (TPSA) is 73.9 Å². The van der Waals surface area contributed by atoms with Gasteiger partial charge in [-0.15, -0.1) is 0 Å². The van der Waals surface area contributed by atoms with Crippen LogP contribution < -0.4 is 5.32 Å². The van der Waals surface area contributed by atoms with Crippen molar-refractivity contribution in [3.63, 3.8) is 0 Å². The lowest BCUT2D eigenvalue weighted by Crippen LogP contribution is -2.53. The molecule has 1 atom stereocenters. The van der Waals surface area contributed by atoms with Gasteiger partial charge in [0.2, 0.25) is 12.3 Å². The van der Waals surface area contributed by atoms with Crippen molar-refractivity contribution in [3.05, 3.63) is 0 Å². The van der Waals surface area contributed by atoms with Crippen LogP contribution in [0.3, 0.4) is 0 Å². The van der Waals surface area contributed by atoms with E-state index in [1.54, 1.807) is 6.92 Å². The third-order valence-electron chi connectivity index (χ3n) is 2.16. The van der Waals surface area contributed by atoms with Crippen LogP contribution in [0.5, 0.6) is 0 Å². The Balaban J connectivity index is 4.94. The molecule has 7 heteroatoms. The van der Waals surface area contributed by atoms with Crippen LogP contribution in [0.2, 0.25) is 5.54 Å². The van der Waals surface area contributed by atoms with Crippen molar-refractivity contribution in [2.45, 2.75) is 33.2 Å². The number of nitrogens with one attached hydrogen (secondary N) is 1. The number of carbonyl (C=O) groups excluding carboxylic acids is 2. The zero-order valence-electron chi connectivity index (χ0n) is 10.8. The second kappa shape index (κ2) is 8.35. The summed E-state index contributed by atoms with van der Waals surface area (Å²) in [6, 6.07) is 0. The van der Waals surface area contributed by atoms with Crippen LogP contribution in [0, 0.1) is 0 Å². The number of rotatable bonds is 9. The quantitative estimate of drug-likeness (QED) is 0.489. The van der Waals surface area contributed by atoms with Gasteiger partial charge < -0.3 is 13.3 Å². The summed E-state index contributed by atoms with van der Waals surface area (Å²) in [5.74, 6) is -0.443. The molecule has 0 aromatic carbocycles. The third-order valence-corrected chi connectivity index (χ3v) is 5.56. The molecule has 0 saturated carbocycles. The molecule has 0 aliphatic rings. The fourth-order valence-corrected chi connectivity index (χ4v) is 4.06. The molecule has 6 nitrogen and oxygen atoms in total. The molecule has 0 heterocycles. The molecule has 0 aliphatic heterocycles. The molecular formula is C10H21NO5Si. The minimum absolute atomic E-state index is 0.349. The van der Waals surface area contributed by atoms with Crippen LogP contribution in [0.4, 0.5) is 0 Å². The third kappa shape index (κ3) is 4.54. The minimum Gasteiger partial charge on any atom is -0.373 e. The predicted octanol–water partition coefficient (Wildman–Crippen LogP) is 0.697. The van der Waals surface area contributed by atoms with Gasteiger partial charge in [-0.05, 0) is 27.7 Å². The van der Waals surface area contributed by atoms with Gasteiger partial charge in [0.15, 0.2) is 0 Å². The number of carbonyl (C=O) groups is 2. The number of imide groups is 1. The Bertz CT molecular complexity index is 232. The summed E-state index contributed by atoms with van der Waals surface area (Å²) in [5, 5.41) is 2.10. The van der Waals surface area contributed by atoms with Crippen LogP contribution in [0.25, 0.3) is 0 Å². The number of hydrogen-bond donors (Lipinski definition) is 1. The summed E-state index contributed by atoms with van der Waals surface area (Å²) >= 11 is 0. The molecule has 0 radical (unpaired) electrons. The molecular weight excluding hydrogens is 242 g/mol. The van der Waals surface area contributed by atoms with Gasteiger partial charge in [0.25, 0.3) is 0 Å². The molecule has 2 amide bonds. The van der Waals surface area contributed by atoms with Crippen LogP contribution in [-0.4, -0.2) is 40.9 Å². The Morgan fingerprint density at radius 2 is 1.59 bits per heavy atom. The summed E-state index contributed by atoms with van der Waals surface area (Å²) in [7, 11) is -3.07. The van der Waals surface area contributed by atoms with E-state index in [1.807, 2.05) is 20.8 Å². The standard InChI is InChI=1S/C10H21NO5Si/c1-5-14-17(15-6-2,16-7-3)9(4)10(13)11-8-12/h8-9H,5-7H2,1-4H3,(H,11,12,13). The van der Waals surface area contributed by atoms with Crippen LogP contribution >= 0.6 is 0 Å². The summed E-state index contributed by atoms with van der Waals surface area (Å²) in [6.07, 6.45) is 0.349. The Morgan fingerprint density at radius 3 is 1.88 bits per heavy atom. The maximum absolute atomic E-state index is 11.7. The average Bonchev–Trinajstić information content (AvgIpc) is 2.29. The Labute approximate surface area is 103 Å². The van der Waals surface area contributed by atoms with Crippen LogP contribution in [-0.2, 0) is 22.9 Å². The largest absolute Gasteiger partial charge is 0.513 e. The van der Waals surface area contributed by atoms with E-state index < -0.39 is 20.3 Å². The maximum Gasteiger partial charge on any atom is 0.513 e. The first-order valence-electron chi connectivity index (χ1n) is 5.73. The molecule has 1 N–H and O–H groups in total. The summed E-state index contributed by atoms with van der Waals surface area (Å²) in [5.41, 5.74) is -0.618. The molecule has 0 aliphatic carbocycles. The summed E-state index contributed by atoms with van der Waals surface area (Å²) < 4.78 is 16.7. The molecule has 0 saturated heterocycles. The highest BCUT2D eigenvalue weighted by Gasteiger charge is 2.50. The minimum atomic E-state index is -3.07. The van der Waals surface area contributed by atoms with E-state index in [0.29, 0.717) is 26.2 Å². The zero-order chi connectivity index (χ0) is 13.3. The monoisotopic (exact) mass is 263 g/mol. The number of hydrogen-bond acceptors (Lipinski definition) is 5. The molecule has 0 rings (SSSR count). The predicted molar refractivity (Wildman–Crippen MR) is 64.3 cm³/mol. The summed E-state index contributed by atoms with van der Waals surface area (Å²) in [6.45, 7) is 8.26. The van der Waals surface area contributed by atoms with Crippen molar-refractivity contribution in [1.29, 1.82) is 0 Å². The first kappa shape index (κ1) is 16.2. The van der Waals surface area contributed by atoms with E-state index in [4.69, 9.17) is 13.3 Å². The van der Waals surface area contributed by atoms with E-state index in [-0.39, 0.29) is 0 Å². The average molecular weight is 263 g/mol. The second-order valence-electron chi connectivity index (χ2n) is 3.25. The fraction of sp³-hybridized carbons (Fsp3) is 0.800. The molecule has 0 aromatic rings. The van der Waals surface area contributed by atoms with Crippen molar-refractivity contribution in [3.8, 4) is 0 Å². The fourth-order valence-electron chi connectivity index (χ4n) is 1.45. The molecule has 0 spiro atoms. The number of amides is 2. The van der Waals surface area contributed by atoms with Crippen molar-refractivity contribution in [2.75, 3.05) is 19.8 Å². The van der Waals surface area contributed by atoms with E-state index in [0.717, 1.165) is 0 Å². The zero-order valence-corrected chi connectivity index (χ0v) is 11.8. The SMILES string of the molecule is CCO[Si](OCC)(OCC)C(C)C(=O)NC=O. The molecule has 100 valence electrons. The first-order valence-corrected chi connectivity index (χ1v) is 7.54. The maximum atomic E-state index is 11.7. The van der Waals surface area contributed by atoms with Gasteiger partial charge >= 0.3 is 8.80 Å². The first-order chi connectivity index (χ1) is 8.07. The molecule has 0 fully saturated rings. The van der Waals surface area contributed by atoms with Gasteiger partial charge in [0.1, 0.15) is 5.54 Å². The Kier molecular flexibility index (Phi) is 7.97. The van der Waals surface area contributed by atoms with Gasteiger partial charge in [-0.3, -0.25) is 14.9 Å². The van der Waals surface area contributed by atoms with Crippen LogP contribution in [0.15, 0.2) is 0 Å². The van der Waals surface area contributed by atoms with Crippen molar-refractivity contribution < 1.29 is 22.9 Å². The lowest BCUT2D eigenvalue weighted by atomic mass is 10.4. The molecule has 17 heavy (non-hydrogen) atoms. The Hall–Kier alpha value is -0.763. The second-order valence-corrected chi connectivity index (χ2v) is 6.19. The Morgan fingerprint density at radius 1 is 1.18 bits per heavy atom. The van der Waals surface area contributed by atoms with Crippen molar-refractivity contribution >= 4 is 21.1 Å². The van der Waals surface area contributed by atoms with E-state index in [1.165, 1.54) is 0 Å². The van der Waals surface area contributed by atoms with E-state index >= 15 is 0 Å².